The lowest BCUT2D eigenvalue weighted by atomic mass is 9.78. The van der Waals surface area contributed by atoms with E-state index in [0.29, 0.717) is 22.0 Å². The van der Waals surface area contributed by atoms with Gasteiger partial charge in [-0.25, -0.2) is 4.98 Å². The van der Waals surface area contributed by atoms with Gasteiger partial charge in [-0.3, -0.25) is 4.79 Å². The maximum Gasteiger partial charge on any atom is 0.251 e. The van der Waals surface area contributed by atoms with Crippen LogP contribution in [-0.2, 0) is 18.3 Å². The number of halogens is 2. The summed E-state index contributed by atoms with van der Waals surface area (Å²) in [5.41, 5.74) is 5.08. The molecular weight excluding hydrogens is 459 g/mol. The van der Waals surface area contributed by atoms with Gasteiger partial charge >= 0.3 is 0 Å². The van der Waals surface area contributed by atoms with Gasteiger partial charge in [-0.15, -0.1) is 0 Å². The van der Waals surface area contributed by atoms with E-state index in [0.717, 1.165) is 59.7 Å². The number of pyridine rings is 2. The number of rotatable bonds is 4. The summed E-state index contributed by atoms with van der Waals surface area (Å²) in [4.78, 5) is 20.0. The first-order chi connectivity index (χ1) is 15.9. The fourth-order valence-electron chi connectivity index (χ4n) is 4.81. The number of nitrogens with zero attached hydrogens (tertiary/aromatic N) is 4. The maximum atomic E-state index is 12.9. The van der Waals surface area contributed by atoms with E-state index in [1.165, 1.54) is 0 Å². The molecule has 33 heavy (non-hydrogen) atoms. The molecule has 5 heterocycles. The molecule has 0 saturated carbocycles. The molecule has 6 rings (SSSR count). The van der Waals surface area contributed by atoms with E-state index in [2.05, 4.69) is 11.0 Å². The van der Waals surface area contributed by atoms with Crippen LogP contribution in [0.1, 0.15) is 5.56 Å². The summed E-state index contributed by atoms with van der Waals surface area (Å²) in [7, 11) is 1.98. The van der Waals surface area contributed by atoms with Crippen molar-refractivity contribution in [2.24, 2.45) is 12.5 Å². The fourth-order valence-corrected chi connectivity index (χ4v) is 5.13. The zero-order valence-electron chi connectivity index (χ0n) is 18.1. The molecule has 0 aliphatic carbocycles. The Hall–Kier alpha value is -2.80. The molecule has 0 atom stereocenters. The van der Waals surface area contributed by atoms with Crippen LogP contribution in [0.15, 0.2) is 59.8 Å². The van der Waals surface area contributed by atoms with Gasteiger partial charge < -0.3 is 18.8 Å². The Morgan fingerprint density at radius 1 is 1.09 bits per heavy atom. The number of hydrogen-bond acceptors (Lipinski definition) is 4. The molecular formula is C25H22Cl2N4O2. The summed E-state index contributed by atoms with van der Waals surface area (Å²) < 4.78 is 9.07. The first kappa shape index (κ1) is 20.8. The van der Waals surface area contributed by atoms with Crippen molar-refractivity contribution in [2.75, 3.05) is 31.2 Å². The lowest BCUT2D eigenvalue weighted by molar-refractivity contribution is -0.127. The van der Waals surface area contributed by atoms with E-state index in [1.54, 1.807) is 22.8 Å². The van der Waals surface area contributed by atoms with E-state index >= 15 is 0 Å². The number of fused-ring (bicyclic) bond motifs is 1. The first-order valence-corrected chi connectivity index (χ1v) is 11.6. The van der Waals surface area contributed by atoms with Crippen LogP contribution in [0.3, 0.4) is 0 Å². The highest BCUT2D eigenvalue weighted by Gasteiger charge is 2.49. The van der Waals surface area contributed by atoms with Crippen LogP contribution in [-0.4, -0.2) is 40.4 Å². The van der Waals surface area contributed by atoms with Gasteiger partial charge in [0.05, 0.1) is 47.1 Å². The Morgan fingerprint density at radius 2 is 1.91 bits per heavy atom. The lowest BCUT2D eigenvalue weighted by Crippen LogP contribution is -2.66. The van der Waals surface area contributed by atoms with E-state index in [1.807, 2.05) is 42.3 Å². The molecule has 3 aromatic heterocycles. The Bertz CT molecular complexity index is 1450. The summed E-state index contributed by atoms with van der Waals surface area (Å²) in [6.07, 6.45) is 5.80. The molecule has 2 saturated heterocycles. The average Bonchev–Trinajstić information content (AvgIpc) is 3.06. The van der Waals surface area contributed by atoms with Crippen LogP contribution >= 0.6 is 23.2 Å². The third-order valence-electron chi connectivity index (χ3n) is 6.68. The van der Waals surface area contributed by atoms with Crippen LogP contribution in [0.25, 0.3) is 22.2 Å². The smallest absolute Gasteiger partial charge is 0.251 e. The van der Waals surface area contributed by atoms with Gasteiger partial charge in [-0.1, -0.05) is 29.3 Å². The van der Waals surface area contributed by atoms with Gasteiger partial charge in [0, 0.05) is 49.5 Å². The molecule has 0 bridgehead atoms. The summed E-state index contributed by atoms with van der Waals surface area (Å²) in [5, 5.41) is 2.03. The SMILES string of the molecule is Cn1cc(-c2ccn(Cc3ccc(Cl)c(Cl)c3)c(=O)c2)c2cc(N3CC4(COC4)C3)cnc21. The van der Waals surface area contributed by atoms with E-state index in [9.17, 15) is 4.79 Å². The highest BCUT2D eigenvalue weighted by molar-refractivity contribution is 6.42. The van der Waals surface area contributed by atoms with Gasteiger partial charge in [0.2, 0.25) is 0 Å². The van der Waals surface area contributed by atoms with Crippen molar-refractivity contribution in [1.29, 1.82) is 0 Å². The third-order valence-corrected chi connectivity index (χ3v) is 7.42. The topological polar surface area (TPSA) is 52.3 Å². The number of anilines is 1. The quantitative estimate of drug-likeness (QED) is 0.428. The second kappa shape index (κ2) is 7.62. The van der Waals surface area contributed by atoms with Crippen LogP contribution in [0.5, 0.6) is 0 Å². The molecule has 2 aliphatic heterocycles. The van der Waals surface area contributed by atoms with Crippen LogP contribution in [0.4, 0.5) is 5.69 Å². The predicted molar refractivity (Wildman–Crippen MR) is 131 cm³/mol. The summed E-state index contributed by atoms with van der Waals surface area (Å²) in [6.45, 7) is 4.15. The van der Waals surface area contributed by atoms with Crippen molar-refractivity contribution in [3.05, 3.63) is 81.0 Å². The Balaban J connectivity index is 1.32. The molecule has 8 heteroatoms. The van der Waals surface area contributed by atoms with Crippen LogP contribution in [0, 0.1) is 5.41 Å². The van der Waals surface area contributed by atoms with Crippen molar-refractivity contribution >= 4 is 39.9 Å². The zero-order chi connectivity index (χ0) is 22.7. The molecule has 2 fully saturated rings. The van der Waals surface area contributed by atoms with Gasteiger partial charge in [-0.05, 0) is 35.4 Å². The predicted octanol–water partition coefficient (Wildman–Crippen LogP) is 4.59. The average molecular weight is 481 g/mol. The van der Waals surface area contributed by atoms with Crippen molar-refractivity contribution in [1.82, 2.24) is 14.1 Å². The first-order valence-electron chi connectivity index (χ1n) is 10.8. The summed E-state index contributed by atoms with van der Waals surface area (Å²) in [6, 6.07) is 11.3. The van der Waals surface area contributed by atoms with Crippen LogP contribution in [0.2, 0.25) is 10.0 Å². The monoisotopic (exact) mass is 480 g/mol. The Morgan fingerprint density at radius 3 is 2.61 bits per heavy atom. The molecule has 0 N–H and O–H groups in total. The number of benzene rings is 1. The highest BCUT2D eigenvalue weighted by atomic mass is 35.5. The number of aryl methyl sites for hydroxylation is 1. The molecule has 0 unspecified atom stereocenters. The molecule has 1 spiro atoms. The number of ether oxygens (including phenoxy) is 1. The highest BCUT2D eigenvalue weighted by Crippen LogP contribution is 2.41. The third kappa shape index (κ3) is 3.53. The van der Waals surface area contributed by atoms with Gasteiger partial charge in [0.15, 0.2) is 0 Å². The van der Waals surface area contributed by atoms with Gasteiger partial charge in [0.25, 0.3) is 5.56 Å². The molecule has 0 amide bonds. The molecule has 168 valence electrons. The van der Waals surface area contributed by atoms with Crippen molar-refractivity contribution < 1.29 is 4.74 Å². The molecule has 2 aliphatic rings. The van der Waals surface area contributed by atoms with Crippen molar-refractivity contribution in [3.63, 3.8) is 0 Å². The number of aromatic nitrogens is 3. The van der Waals surface area contributed by atoms with E-state index in [-0.39, 0.29) is 5.56 Å². The zero-order valence-corrected chi connectivity index (χ0v) is 19.6. The molecule has 4 aromatic rings. The Kier molecular flexibility index (Phi) is 4.80. The largest absolute Gasteiger partial charge is 0.380 e. The van der Waals surface area contributed by atoms with Crippen molar-refractivity contribution in [3.8, 4) is 11.1 Å². The molecule has 1 aromatic carbocycles. The van der Waals surface area contributed by atoms with E-state index < -0.39 is 0 Å². The molecule has 0 radical (unpaired) electrons. The van der Waals surface area contributed by atoms with E-state index in [4.69, 9.17) is 32.9 Å². The summed E-state index contributed by atoms with van der Waals surface area (Å²) >= 11 is 12.1. The number of hydrogen-bond donors (Lipinski definition) is 0. The standard InChI is InChI=1S/C25H22Cl2N4O2/c1-29-11-20(19-8-18(9-28-24(19)29)31-12-25(13-31)14-33-15-25)17-4-5-30(23(32)7-17)10-16-2-3-21(26)22(27)6-16/h2-9,11H,10,12-15H2,1H3. The maximum absolute atomic E-state index is 12.9. The minimum Gasteiger partial charge on any atom is -0.380 e. The fraction of sp³-hybridized carbons (Fsp3) is 0.280. The van der Waals surface area contributed by atoms with Gasteiger partial charge in [0.1, 0.15) is 5.65 Å². The minimum atomic E-state index is -0.0747. The summed E-state index contributed by atoms with van der Waals surface area (Å²) in [5.74, 6) is 0. The van der Waals surface area contributed by atoms with Gasteiger partial charge in [-0.2, -0.15) is 0 Å². The molecule has 6 nitrogen and oxygen atoms in total. The second-order valence-corrected chi connectivity index (χ2v) is 10.0. The second-order valence-electron chi connectivity index (χ2n) is 9.20. The van der Waals surface area contributed by atoms with Crippen molar-refractivity contribution in [2.45, 2.75) is 6.54 Å². The van der Waals surface area contributed by atoms with Crippen LogP contribution < -0.4 is 10.5 Å². The lowest BCUT2D eigenvalue weighted by Gasteiger charge is -2.55. The Labute approximate surface area is 200 Å². The minimum absolute atomic E-state index is 0.0747. The normalized spacial score (nSPS) is 16.8.